The molecule has 1 amide bonds. The lowest BCUT2D eigenvalue weighted by molar-refractivity contribution is 0.0681. The summed E-state index contributed by atoms with van der Waals surface area (Å²) in [6, 6.07) is 3.37. The first-order valence-electron chi connectivity index (χ1n) is 6.46. The standard InChI is InChI=1S/C13H20N4O2/c1-17(6-7-19-9-10-2-3-10)13(18)11-4-5-12(16-14)15-8-11/h4-5,8,10H,2-3,6-7,9,14H2,1H3,(H,15,16). The Labute approximate surface area is 112 Å². The van der Waals surface area contributed by atoms with Crippen LogP contribution in [0.4, 0.5) is 5.82 Å². The first-order valence-corrected chi connectivity index (χ1v) is 6.46. The van der Waals surface area contributed by atoms with Gasteiger partial charge in [0.1, 0.15) is 5.82 Å². The van der Waals surface area contributed by atoms with Gasteiger partial charge in [0, 0.05) is 26.4 Å². The van der Waals surface area contributed by atoms with Gasteiger partial charge in [0.25, 0.3) is 5.91 Å². The molecule has 0 aromatic carbocycles. The number of hydrazine groups is 1. The molecule has 1 saturated carbocycles. The quantitative estimate of drug-likeness (QED) is 0.434. The number of carbonyl (C=O) groups is 1. The van der Waals surface area contributed by atoms with Crippen molar-refractivity contribution in [2.45, 2.75) is 12.8 Å². The number of carbonyl (C=O) groups excluding carboxylic acids is 1. The Bertz CT molecular complexity index is 417. The smallest absolute Gasteiger partial charge is 0.255 e. The highest BCUT2D eigenvalue weighted by atomic mass is 16.5. The third-order valence-corrected chi connectivity index (χ3v) is 3.13. The van der Waals surface area contributed by atoms with Gasteiger partial charge in [-0.05, 0) is 30.9 Å². The van der Waals surface area contributed by atoms with Crippen molar-refractivity contribution in [3.05, 3.63) is 23.9 Å². The summed E-state index contributed by atoms with van der Waals surface area (Å²) < 4.78 is 5.51. The molecular weight excluding hydrogens is 244 g/mol. The summed E-state index contributed by atoms with van der Waals surface area (Å²) in [4.78, 5) is 17.7. The van der Waals surface area contributed by atoms with Crippen LogP contribution in [0.1, 0.15) is 23.2 Å². The highest BCUT2D eigenvalue weighted by Crippen LogP contribution is 2.28. The van der Waals surface area contributed by atoms with Crippen molar-refractivity contribution in [1.82, 2.24) is 9.88 Å². The number of nitrogen functional groups attached to an aromatic ring is 1. The Morgan fingerprint density at radius 2 is 2.37 bits per heavy atom. The van der Waals surface area contributed by atoms with E-state index >= 15 is 0 Å². The lowest BCUT2D eigenvalue weighted by Crippen LogP contribution is -2.30. The van der Waals surface area contributed by atoms with Crippen molar-refractivity contribution in [3.8, 4) is 0 Å². The largest absolute Gasteiger partial charge is 0.379 e. The molecule has 1 aliphatic rings. The molecule has 1 aromatic rings. The van der Waals surface area contributed by atoms with Crippen LogP contribution >= 0.6 is 0 Å². The molecule has 3 N–H and O–H groups in total. The van der Waals surface area contributed by atoms with Gasteiger partial charge >= 0.3 is 0 Å². The summed E-state index contributed by atoms with van der Waals surface area (Å²) in [6.45, 7) is 1.98. The number of likely N-dealkylation sites (N-methyl/N-ethyl adjacent to an activating group) is 1. The van der Waals surface area contributed by atoms with Gasteiger partial charge < -0.3 is 15.1 Å². The van der Waals surface area contributed by atoms with Gasteiger partial charge in [0.2, 0.25) is 0 Å². The molecule has 1 aromatic heterocycles. The first kappa shape index (κ1) is 13.8. The average molecular weight is 264 g/mol. The maximum absolute atomic E-state index is 12.1. The molecule has 104 valence electrons. The fourth-order valence-corrected chi connectivity index (χ4v) is 1.66. The Morgan fingerprint density at radius 3 is 2.95 bits per heavy atom. The number of nitrogens with zero attached hydrogens (tertiary/aromatic N) is 2. The number of amides is 1. The molecule has 0 atom stereocenters. The van der Waals surface area contributed by atoms with Gasteiger partial charge in [-0.2, -0.15) is 0 Å². The summed E-state index contributed by atoms with van der Waals surface area (Å²) in [6.07, 6.45) is 4.07. The molecule has 0 saturated heterocycles. The van der Waals surface area contributed by atoms with Crippen LogP contribution in [-0.2, 0) is 4.74 Å². The fourth-order valence-electron chi connectivity index (χ4n) is 1.66. The Balaban J connectivity index is 1.76. The van der Waals surface area contributed by atoms with E-state index in [1.54, 1.807) is 24.1 Å². The van der Waals surface area contributed by atoms with Crippen LogP contribution in [0.2, 0.25) is 0 Å². The van der Waals surface area contributed by atoms with E-state index in [0.29, 0.717) is 24.5 Å². The highest BCUT2D eigenvalue weighted by Gasteiger charge is 2.21. The van der Waals surface area contributed by atoms with Crippen molar-refractivity contribution in [1.29, 1.82) is 0 Å². The van der Waals surface area contributed by atoms with E-state index < -0.39 is 0 Å². The zero-order chi connectivity index (χ0) is 13.7. The Hall–Kier alpha value is -1.66. The van der Waals surface area contributed by atoms with E-state index in [-0.39, 0.29) is 5.91 Å². The number of ether oxygens (including phenoxy) is 1. The van der Waals surface area contributed by atoms with E-state index in [0.717, 1.165) is 12.5 Å². The third kappa shape index (κ3) is 4.18. The summed E-state index contributed by atoms with van der Waals surface area (Å²) in [5.74, 6) is 6.44. The molecule has 0 unspecified atom stereocenters. The molecule has 0 bridgehead atoms. The summed E-state index contributed by atoms with van der Waals surface area (Å²) in [5, 5.41) is 0. The zero-order valence-corrected chi connectivity index (χ0v) is 11.1. The monoisotopic (exact) mass is 264 g/mol. The normalized spacial score (nSPS) is 14.2. The van der Waals surface area contributed by atoms with Gasteiger partial charge in [0.15, 0.2) is 0 Å². The van der Waals surface area contributed by atoms with Crippen LogP contribution in [-0.4, -0.2) is 42.6 Å². The second kappa shape index (κ2) is 6.49. The lowest BCUT2D eigenvalue weighted by atomic mass is 10.2. The van der Waals surface area contributed by atoms with Crippen LogP contribution in [0.15, 0.2) is 18.3 Å². The molecule has 0 spiro atoms. The number of rotatable bonds is 7. The predicted molar refractivity (Wildman–Crippen MR) is 72.6 cm³/mol. The van der Waals surface area contributed by atoms with E-state index in [2.05, 4.69) is 10.4 Å². The van der Waals surface area contributed by atoms with E-state index in [1.807, 2.05) is 0 Å². The van der Waals surface area contributed by atoms with Gasteiger partial charge in [-0.15, -0.1) is 0 Å². The van der Waals surface area contributed by atoms with Gasteiger partial charge in [-0.1, -0.05) is 0 Å². The van der Waals surface area contributed by atoms with Gasteiger partial charge in [-0.25, -0.2) is 10.8 Å². The fraction of sp³-hybridized carbons (Fsp3) is 0.538. The van der Waals surface area contributed by atoms with Crippen molar-refractivity contribution in [2.75, 3.05) is 32.2 Å². The minimum atomic E-state index is -0.0638. The summed E-state index contributed by atoms with van der Waals surface area (Å²) >= 11 is 0. The molecule has 6 nitrogen and oxygen atoms in total. The number of nitrogens with two attached hydrogens (primary N) is 1. The minimum absolute atomic E-state index is 0.0638. The molecular formula is C13H20N4O2. The van der Waals surface area contributed by atoms with Crippen LogP contribution in [0.25, 0.3) is 0 Å². The van der Waals surface area contributed by atoms with E-state index in [1.165, 1.54) is 19.0 Å². The highest BCUT2D eigenvalue weighted by molar-refractivity contribution is 5.93. The van der Waals surface area contributed by atoms with E-state index in [9.17, 15) is 4.79 Å². The van der Waals surface area contributed by atoms with Crippen LogP contribution in [0, 0.1) is 5.92 Å². The third-order valence-electron chi connectivity index (χ3n) is 3.13. The number of hydrogen-bond donors (Lipinski definition) is 2. The molecule has 19 heavy (non-hydrogen) atoms. The maximum atomic E-state index is 12.1. The molecule has 0 aliphatic heterocycles. The number of anilines is 1. The molecule has 2 rings (SSSR count). The first-order chi connectivity index (χ1) is 9.20. The second-order valence-corrected chi connectivity index (χ2v) is 4.82. The number of nitrogens with one attached hydrogen (secondary N) is 1. The Morgan fingerprint density at radius 1 is 1.58 bits per heavy atom. The van der Waals surface area contributed by atoms with Crippen molar-refractivity contribution < 1.29 is 9.53 Å². The van der Waals surface area contributed by atoms with Crippen LogP contribution in [0.3, 0.4) is 0 Å². The van der Waals surface area contributed by atoms with Crippen molar-refractivity contribution >= 4 is 11.7 Å². The van der Waals surface area contributed by atoms with E-state index in [4.69, 9.17) is 10.6 Å². The zero-order valence-electron chi connectivity index (χ0n) is 11.1. The lowest BCUT2D eigenvalue weighted by Gasteiger charge is -2.17. The number of pyridine rings is 1. The van der Waals surface area contributed by atoms with Gasteiger partial charge in [0.05, 0.1) is 12.2 Å². The molecule has 6 heteroatoms. The second-order valence-electron chi connectivity index (χ2n) is 4.82. The topological polar surface area (TPSA) is 80.5 Å². The Kier molecular flexibility index (Phi) is 4.70. The minimum Gasteiger partial charge on any atom is -0.379 e. The van der Waals surface area contributed by atoms with Crippen molar-refractivity contribution in [2.24, 2.45) is 11.8 Å². The number of hydrogen-bond acceptors (Lipinski definition) is 5. The average Bonchev–Trinajstić information content (AvgIpc) is 3.27. The molecule has 1 fully saturated rings. The number of aromatic nitrogens is 1. The molecule has 1 aliphatic carbocycles. The predicted octanol–water partition coefficient (Wildman–Crippen LogP) is 0.866. The van der Waals surface area contributed by atoms with Crippen LogP contribution in [0.5, 0.6) is 0 Å². The van der Waals surface area contributed by atoms with Crippen molar-refractivity contribution in [3.63, 3.8) is 0 Å². The van der Waals surface area contributed by atoms with Gasteiger partial charge in [-0.3, -0.25) is 4.79 Å². The molecule has 0 radical (unpaired) electrons. The molecule has 1 heterocycles. The summed E-state index contributed by atoms with van der Waals surface area (Å²) in [7, 11) is 1.76. The summed E-state index contributed by atoms with van der Waals surface area (Å²) in [5.41, 5.74) is 2.97. The SMILES string of the molecule is CN(CCOCC1CC1)C(=O)c1ccc(NN)nc1. The van der Waals surface area contributed by atoms with Crippen LogP contribution < -0.4 is 11.3 Å². The maximum Gasteiger partial charge on any atom is 0.255 e.